The number of hydrogen-bond acceptors (Lipinski definition) is 4. The third-order valence-corrected chi connectivity index (χ3v) is 3.80. The maximum atomic E-state index is 13.7. The van der Waals surface area contributed by atoms with Gasteiger partial charge < -0.3 is 20.1 Å². The second-order valence-corrected chi connectivity index (χ2v) is 5.88. The maximum absolute atomic E-state index is 13.7. The first-order valence-electron chi connectivity index (χ1n) is 8.58. The fourth-order valence-electron chi connectivity index (χ4n) is 2.42. The first-order valence-corrected chi connectivity index (χ1v) is 8.58. The number of ether oxygens (including phenoxy) is 2. The SMILES string of the molecule is COc1cc(CNCCCNC(C)=O)ccc1OCc1ccccc1F. The lowest BCUT2D eigenvalue weighted by molar-refractivity contribution is -0.118. The molecule has 5 nitrogen and oxygen atoms in total. The molecule has 6 heteroatoms. The van der Waals surface area contributed by atoms with Crippen molar-refractivity contribution >= 4 is 5.91 Å². The minimum Gasteiger partial charge on any atom is -0.493 e. The van der Waals surface area contributed by atoms with Crippen molar-refractivity contribution in [2.75, 3.05) is 20.2 Å². The second kappa shape index (κ2) is 10.4. The smallest absolute Gasteiger partial charge is 0.216 e. The Bertz CT molecular complexity index is 722. The van der Waals surface area contributed by atoms with Gasteiger partial charge in [-0.3, -0.25) is 4.79 Å². The van der Waals surface area contributed by atoms with E-state index in [-0.39, 0.29) is 18.3 Å². The topological polar surface area (TPSA) is 59.6 Å². The predicted molar refractivity (Wildman–Crippen MR) is 98.7 cm³/mol. The standard InChI is InChI=1S/C20H25FN2O3/c1-15(24)23-11-5-10-22-13-16-8-9-19(20(12-16)25-2)26-14-17-6-3-4-7-18(17)21/h3-4,6-9,12,22H,5,10-11,13-14H2,1-2H3,(H,23,24). The Morgan fingerprint density at radius 3 is 2.65 bits per heavy atom. The molecule has 0 aliphatic rings. The number of methoxy groups -OCH3 is 1. The van der Waals surface area contributed by atoms with Crippen LogP contribution in [-0.4, -0.2) is 26.1 Å². The van der Waals surface area contributed by atoms with Gasteiger partial charge in [0.2, 0.25) is 5.91 Å². The largest absolute Gasteiger partial charge is 0.493 e. The monoisotopic (exact) mass is 360 g/mol. The Balaban J connectivity index is 1.84. The normalized spacial score (nSPS) is 10.4. The molecule has 0 saturated heterocycles. The van der Waals surface area contributed by atoms with Crippen molar-refractivity contribution < 1.29 is 18.7 Å². The molecule has 0 atom stereocenters. The molecule has 0 aliphatic carbocycles. The zero-order valence-electron chi connectivity index (χ0n) is 15.2. The molecule has 0 heterocycles. The van der Waals surface area contributed by atoms with Gasteiger partial charge >= 0.3 is 0 Å². The van der Waals surface area contributed by atoms with Gasteiger partial charge in [-0.05, 0) is 36.7 Å². The van der Waals surface area contributed by atoms with Crippen molar-refractivity contribution in [3.8, 4) is 11.5 Å². The van der Waals surface area contributed by atoms with Gasteiger partial charge in [0.15, 0.2) is 11.5 Å². The summed E-state index contributed by atoms with van der Waals surface area (Å²) in [7, 11) is 1.58. The van der Waals surface area contributed by atoms with E-state index in [0.717, 1.165) is 18.5 Å². The quantitative estimate of drug-likeness (QED) is 0.640. The van der Waals surface area contributed by atoms with E-state index in [1.54, 1.807) is 25.3 Å². The Hall–Kier alpha value is -2.60. The van der Waals surface area contributed by atoms with Crippen LogP contribution in [-0.2, 0) is 17.9 Å². The number of hydrogen-bond donors (Lipinski definition) is 2. The highest BCUT2D eigenvalue weighted by atomic mass is 19.1. The number of carbonyl (C=O) groups excluding carboxylic acids is 1. The van der Waals surface area contributed by atoms with Crippen molar-refractivity contribution in [3.05, 3.63) is 59.4 Å². The molecule has 0 spiro atoms. The zero-order valence-corrected chi connectivity index (χ0v) is 15.2. The lowest BCUT2D eigenvalue weighted by Gasteiger charge is -2.13. The van der Waals surface area contributed by atoms with E-state index < -0.39 is 0 Å². The van der Waals surface area contributed by atoms with Crippen LogP contribution in [0, 0.1) is 5.82 Å². The third-order valence-electron chi connectivity index (χ3n) is 3.80. The molecule has 0 bridgehead atoms. The van der Waals surface area contributed by atoms with E-state index in [1.165, 1.54) is 13.0 Å². The minimum absolute atomic E-state index is 0.0132. The van der Waals surface area contributed by atoms with Crippen molar-refractivity contribution in [1.29, 1.82) is 0 Å². The zero-order chi connectivity index (χ0) is 18.8. The molecule has 2 N–H and O–H groups in total. The Kier molecular flexibility index (Phi) is 7.89. The summed E-state index contributed by atoms with van der Waals surface area (Å²) in [5.74, 6) is 0.885. The maximum Gasteiger partial charge on any atom is 0.216 e. The first-order chi connectivity index (χ1) is 12.6. The van der Waals surface area contributed by atoms with Crippen LogP contribution >= 0.6 is 0 Å². The van der Waals surface area contributed by atoms with Gasteiger partial charge in [-0.15, -0.1) is 0 Å². The molecule has 0 fully saturated rings. The summed E-state index contributed by atoms with van der Waals surface area (Å²) in [6.45, 7) is 3.80. The molecule has 26 heavy (non-hydrogen) atoms. The van der Waals surface area contributed by atoms with Gasteiger partial charge in [0.1, 0.15) is 12.4 Å². The minimum atomic E-state index is -0.286. The summed E-state index contributed by atoms with van der Waals surface area (Å²) < 4.78 is 24.8. The summed E-state index contributed by atoms with van der Waals surface area (Å²) in [5, 5.41) is 6.07. The highest BCUT2D eigenvalue weighted by Crippen LogP contribution is 2.29. The van der Waals surface area contributed by atoms with Gasteiger partial charge in [-0.25, -0.2) is 4.39 Å². The predicted octanol–water partition coefficient (Wildman–Crippen LogP) is 3.03. The van der Waals surface area contributed by atoms with Crippen molar-refractivity contribution in [3.63, 3.8) is 0 Å². The molecule has 2 aromatic rings. The number of benzene rings is 2. The number of amides is 1. The summed E-state index contributed by atoms with van der Waals surface area (Å²) in [6, 6.07) is 12.2. The van der Waals surface area contributed by atoms with Crippen LogP contribution in [0.2, 0.25) is 0 Å². The number of rotatable bonds is 10. The summed E-state index contributed by atoms with van der Waals surface area (Å²) in [5.41, 5.74) is 1.55. The lowest BCUT2D eigenvalue weighted by atomic mass is 10.2. The third kappa shape index (κ3) is 6.37. The molecule has 1 amide bonds. The molecule has 2 aromatic carbocycles. The van der Waals surface area contributed by atoms with E-state index in [0.29, 0.717) is 30.2 Å². The number of carbonyl (C=O) groups is 1. The van der Waals surface area contributed by atoms with E-state index >= 15 is 0 Å². The van der Waals surface area contributed by atoms with E-state index in [2.05, 4.69) is 10.6 Å². The molecule has 0 aromatic heterocycles. The van der Waals surface area contributed by atoms with Crippen molar-refractivity contribution in [2.45, 2.75) is 26.5 Å². The summed E-state index contributed by atoms with van der Waals surface area (Å²) in [6.07, 6.45) is 0.862. The fourth-order valence-corrected chi connectivity index (χ4v) is 2.42. The van der Waals surface area contributed by atoms with Gasteiger partial charge in [0, 0.05) is 25.6 Å². The number of nitrogens with one attached hydrogen (secondary N) is 2. The summed E-state index contributed by atoms with van der Waals surface area (Å²) >= 11 is 0. The molecular formula is C20H25FN2O3. The average molecular weight is 360 g/mol. The van der Waals surface area contributed by atoms with E-state index in [1.807, 2.05) is 18.2 Å². The fraction of sp³-hybridized carbons (Fsp3) is 0.350. The van der Waals surface area contributed by atoms with E-state index in [4.69, 9.17) is 9.47 Å². The van der Waals surface area contributed by atoms with Gasteiger partial charge in [0.25, 0.3) is 0 Å². The van der Waals surface area contributed by atoms with Crippen LogP contribution in [0.15, 0.2) is 42.5 Å². The van der Waals surface area contributed by atoms with Crippen LogP contribution in [0.3, 0.4) is 0 Å². The molecule has 0 aliphatic heterocycles. The molecule has 140 valence electrons. The lowest BCUT2D eigenvalue weighted by Crippen LogP contribution is -2.24. The van der Waals surface area contributed by atoms with Gasteiger partial charge in [-0.1, -0.05) is 24.3 Å². The molecule has 0 unspecified atom stereocenters. The first kappa shape index (κ1) is 19.7. The van der Waals surface area contributed by atoms with Crippen LogP contribution < -0.4 is 20.1 Å². The van der Waals surface area contributed by atoms with E-state index in [9.17, 15) is 9.18 Å². The Morgan fingerprint density at radius 1 is 1.12 bits per heavy atom. The summed E-state index contributed by atoms with van der Waals surface area (Å²) in [4.78, 5) is 10.8. The van der Waals surface area contributed by atoms with Gasteiger partial charge in [-0.2, -0.15) is 0 Å². The van der Waals surface area contributed by atoms with Gasteiger partial charge in [0.05, 0.1) is 7.11 Å². The number of halogens is 1. The molecule has 2 rings (SSSR count). The van der Waals surface area contributed by atoms with Crippen LogP contribution in [0.1, 0.15) is 24.5 Å². The van der Waals surface area contributed by atoms with Crippen molar-refractivity contribution in [1.82, 2.24) is 10.6 Å². The average Bonchev–Trinajstić information content (AvgIpc) is 2.64. The Labute approximate surface area is 153 Å². The highest BCUT2D eigenvalue weighted by Gasteiger charge is 2.08. The molecule has 0 saturated carbocycles. The Morgan fingerprint density at radius 2 is 1.92 bits per heavy atom. The van der Waals surface area contributed by atoms with Crippen LogP contribution in [0.4, 0.5) is 4.39 Å². The second-order valence-electron chi connectivity index (χ2n) is 5.88. The highest BCUT2D eigenvalue weighted by molar-refractivity contribution is 5.72. The van der Waals surface area contributed by atoms with Crippen LogP contribution in [0.5, 0.6) is 11.5 Å². The van der Waals surface area contributed by atoms with Crippen molar-refractivity contribution in [2.24, 2.45) is 0 Å². The molecule has 0 radical (unpaired) electrons. The molecular weight excluding hydrogens is 335 g/mol. The van der Waals surface area contributed by atoms with Crippen LogP contribution in [0.25, 0.3) is 0 Å².